The first kappa shape index (κ1) is 16.1. The minimum absolute atomic E-state index is 0.138. The number of aromatic nitrogens is 1. The van der Waals surface area contributed by atoms with Crippen molar-refractivity contribution >= 4 is 28.7 Å². The average Bonchev–Trinajstić information content (AvgIpc) is 2.91. The lowest BCUT2D eigenvalue weighted by molar-refractivity contribution is -0.142. The normalized spacial score (nSPS) is 10.9. The van der Waals surface area contributed by atoms with Crippen molar-refractivity contribution in [2.75, 3.05) is 12.0 Å². The molecule has 116 valence electrons. The van der Waals surface area contributed by atoms with Gasteiger partial charge in [-0.15, -0.1) is 11.3 Å². The number of carbonyl (C=O) groups is 1. The molecule has 0 spiro atoms. The zero-order valence-corrected chi connectivity index (χ0v) is 13.1. The molecule has 0 atom stereocenters. The maximum Gasteiger partial charge on any atom is 0.311 e. The molecule has 0 saturated carbocycles. The Hall–Kier alpha value is -2.28. The smallest absolute Gasteiger partial charge is 0.311 e. The molecule has 0 amide bonds. The Bertz CT molecular complexity index is 685. The molecule has 0 unspecified atom stereocenters. The van der Waals surface area contributed by atoms with Crippen molar-refractivity contribution < 1.29 is 13.9 Å². The zero-order chi connectivity index (χ0) is 15.9. The number of ether oxygens (including phenoxy) is 1. The molecule has 0 fully saturated rings. The van der Waals surface area contributed by atoms with E-state index in [4.69, 9.17) is 4.74 Å². The number of benzene rings is 1. The largest absolute Gasteiger partial charge is 0.466 e. The van der Waals surface area contributed by atoms with Gasteiger partial charge in [0.15, 0.2) is 0 Å². The molecule has 0 saturated heterocycles. The first-order chi connectivity index (χ1) is 10.6. The van der Waals surface area contributed by atoms with Crippen molar-refractivity contribution in [3.8, 4) is 0 Å². The third-order valence-corrected chi connectivity index (χ3v) is 3.65. The molecule has 2 aromatic rings. The molecule has 0 bridgehead atoms. The van der Waals surface area contributed by atoms with Gasteiger partial charge in [0.05, 0.1) is 24.9 Å². The van der Waals surface area contributed by atoms with Crippen LogP contribution in [0.15, 0.2) is 28.7 Å². The van der Waals surface area contributed by atoms with Crippen LogP contribution >= 0.6 is 11.3 Å². The van der Waals surface area contributed by atoms with Crippen LogP contribution in [-0.4, -0.2) is 23.8 Å². The standard InChI is InChI=1S/C15H16FN3O2S/c1-3-21-14(20)7-12-9-22-15(18-12)19-17-8-11-5-4-6-13(16)10(11)2/h4-6,8-9H,3,7H2,1-2H3,(H,18,19). The molecule has 5 nitrogen and oxygen atoms in total. The van der Waals surface area contributed by atoms with Crippen molar-refractivity contribution in [3.63, 3.8) is 0 Å². The summed E-state index contributed by atoms with van der Waals surface area (Å²) in [5, 5.41) is 6.36. The molecule has 0 aliphatic rings. The first-order valence-corrected chi connectivity index (χ1v) is 7.62. The molecule has 1 N–H and O–H groups in total. The van der Waals surface area contributed by atoms with Gasteiger partial charge in [0.2, 0.25) is 5.13 Å². The minimum Gasteiger partial charge on any atom is -0.466 e. The predicted molar refractivity (Wildman–Crippen MR) is 84.8 cm³/mol. The number of halogens is 1. The molecule has 0 aliphatic carbocycles. The van der Waals surface area contributed by atoms with Crippen LogP contribution in [0, 0.1) is 12.7 Å². The van der Waals surface area contributed by atoms with E-state index in [0.717, 1.165) is 0 Å². The van der Waals surface area contributed by atoms with Gasteiger partial charge < -0.3 is 4.74 Å². The minimum atomic E-state index is -0.307. The van der Waals surface area contributed by atoms with Crippen molar-refractivity contribution in [1.29, 1.82) is 0 Å². The Morgan fingerprint density at radius 3 is 3.14 bits per heavy atom. The fourth-order valence-electron chi connectivity index (χ4n) is 1.72. The van der Waals surface area contributed by atoms with Crippen LogP contribution in [0.5, 0.6) is 0 Å². The maximum absolute atomic E-state index is 13.4. The number of hydrogen-bond donors (Lipinski definition) is 1. The van der Waals surface area contributed by atoms with Gasteiger partial charge >= 0.3 is 5.97 Å². The van der Waals surface area contributed by atoms with Crippen LogP contribution in [0.4, 0.5) is 9.52 Å². The lowest BCUT2D eigenvalue weighted by atomic mass is 10.1. The van der Waals surface area contributed by atoms with Crippen LogP contribution < -0.4 is 5.43 Å². The second-order valence-electron chi connectivity index (χ2n) is 4.45. The van der Waals surface area contributed by atoms with E-state index in [-0.39, 0.29) is 18.2 Å². The molecule has 22 heavy (non-hydrogen) atoms. The summed E-state index contributed by atoms with van der Waals surface area (Å²) in [4.78, 5) is 15.6. The summed E-state index contributed by atoms with van der Waals surface area (Å²) >= 11 is 1.33. The molecular weight excluding hydrogens is 305 g/mol. The van der Waals surface area contributed by atoms with Gasteiger partial charge in [-0.1, -0.05) is 12.1 Å². The van der Waals surface area contributed by atoms with Crippen LogP contribution in [0.1, 0.15) is 23.7 Å². The molecule has 1 aromatic carbocycles. The highest BCUT2D eigenvalue weighted by atomic mass is 32.1. The molecule has 7 heteroatoms. The van der Waals surface area contributed by atoms with E-state index in [0.29, 0.717) is 28.6 Å². The average molecular weight is 321 g/mol. The van der Waals surface area contributed by atoms with Crippen molar-refractivity contribution in [2.45, 2.75) is 20.3 Å². The quantitative estimate of drug-likeness (QED) is 0.504. The molecule has 2 rings (SSSR count). The SMILES string of the molecule is CCOC(=O)Cc1csc(NN=Cc2cccc(F)c2C)n1. The first-order valence-electron chi connectivity index (χ1n) is 6.74. The van der Waals surface area contributed by atoms with Gasteiger partial charge in [-0.2, -0.15) is 5.10 Å². The van der Waals surface area contributed by atoms with Crippen LogP contribution in [0.2, 0.25) is 0 Å². The fraction of sp³-hybridized carbons (Fsp3) is 0.267. The third kappa shape index (κ3) is 4.36. The van der Waals surface area contributed by atoms with Crippen molar-refractivity contribution in [2.24, 2.45) is 5.10 Å². The summed E-state index contributed by atoms with van der Waals surface area (Å²) in [5.41, 5.74) is 4.62. The highest BCUT2D eigenvalue weighted by molar-refractivity contribution is 7.13. The Balaban J connectivity index is 1.94. The van der Waals surface area contributed by atoms with E-state index >= 15 is 0 Å². The number of thiazole rings is 1. The van der Waals surface area contributed by atoms with Gasteiger partial charge in [-0.3, -0.25) is 10.2 Å². The van der Waals surface area contributed by atoms with Gasteiger partial charge in [-0.25, -0.2) is 9.37 Å². The van der Waals surface area contributed by atoms with Gasteiger partial charge in [0, 0.05) is 10.9 Å². The molecule has 0 aliphatic heterocycles. The number of nitrogens with zero attached hydrogens (tertiary/aromatic N) is 2. The van der Waals surface area contributed by atoms with Crippen LogP contribution in [0.3, 0.4) is 0 Å². The van der Waals surface area contributed by atoms with E-state index in [1.54, 1.807) is 31.4 Å². The second-order valence-corrected chi connectivity index (χ2v) is 5.31. The summed E-state index contributed by atoms with van der Waals surface area (Å²) in [6, 6.07) is 4.81. The van der Waals surface area contributed by atoms with E-state index in [1.165, 1.54) is 23.6 Å². The summed E-state index contributed by atoms with van der Waals surface area (Å²) in [6.45, 7) is 3.80. The van der Waals surface area contributed by atoms with Gasteiger partial charge in [0.25, 0.3) is 0 Å². The Morgan fingerprint density at radius 1 is 1.55 bits per heavy atom. The number of carbonyl (C=O) groups excluding carboxylic acids is 1. The molecule has 1 aromatic heterocycles. The van der Waals surface area contributed by atoms with Crippen molar-refractivity contribution in [3.05, 3.63) is 46.2 Å². The van der Waals surface area contributed by atoms with E-state index in [2.05, 4.69) is 15.5 Å². The third-order valence-electron chi connectivity index (χ3n) is 2.86. The molecule has 0 radical (unpaired) electrons. The monoisotopic (exact) mass is 321 g/mol. The topological polar surface area (TPSA) is 63.6 Å². The Kier molecular flexibility index (Phi) is 5.60. The number of anilines is 1. The summed E-state index contributed by atoms with van der Waals surface area (Å²) in [6.07, 6.45) is 1.67. The number of hydrazone groups is 1. The lowest BCUT2D eigenvalue weighted by Gasteiger charge is -2.00. The summed E-state index contributed by atoms with van der Waals surface area (Å²) < 4.78 is 18.2. The number of rotatable bonds is 6. The van der Waals surface area contributed by atoms with Crippen LogP contribution in [0.25, 0.3) is 0 Å². The maximum atomic E-state index is 13.4. The van der Waals surface area contributed by atoms with E-state index in [9.17, 15) is 9.18 Å². The van der Waals surface area contributed by atoms with E-state index in [1.807, 2.05) is 0 Å². The zero-order valence-electron chi connectivity index (χ0n) is 12.3. The fourth-order valence-corrected chi connectivity index (χ4v) is 2.38. The Labute approximate surface area is 131 Å². The highest BCUT2D eigenvalue weighted by Gasteiger charge is 2.08. The van der Waals surface area contributed by atoms with Crippen molar-refractivity contribution in [1.82, 2.24) is 4.98 Å². The van der Waals surface area contributed by atoms with Crippen LogP contribution in [-0.2, 0) is 16.0 Å². The van der Waals surface area contributed by atoms with Gasteiger partial charge in [-0.05, 0) is 25.5 Å². The predicted octanol–water partition coefficient (Wildman–Crippen LogP) is 3.14. The second kappa shape index (κ2) is 7.65. The summed E-state index contributed by atoms with van der Waals surface area (Å²) in [7, 11) is 0. The molecular formula is C15H16FN3O2S. The molecule has 1 heterocycles. The highest BCUT2D eigenvalue weighted by Crippen LogP contribution is 2.16. The summed E-state index contributed by atoms with van der Waals surface area (Å²) in [5.74, 6) is -0.576. The Morgan fingerprint density at radius 2 is 2.36 bits per heavy atom. The van der Waals surface area contributed by atoms with E-state index < -0.39 is 0 Å². The number of hydrogen-bond acceptors (Lipinski definition) is 6. The lowest BCUT2D eigenvalue weighted by Crippen LogP contribution is -2.07. The van der Waals surface area contributed by atoms with Gasteiger partial charge in [0.1, 0.15) is 5.82 Å². The number of esters is 1. The number of nitrogens with one attached hydrogen (secondary N) is 1.